The molecule has 0 aliphatic carbocycles. The fourth-order valence-electron chi connectivity index (χ4n) is 2.11. The van der Waals surface area contributed by atoms with Crippen molar-refractivity contribution < 1.29 is 28.5 Å². The van der Waals surface area contributed by atoms with Gasteiger partial charge in [0.2, 0.25) is 0 Å². The molecule has 0 saturated heterocycles. The van der Waals surface area contributed by atoms with Gasteiger partial charge in [-0.25, -0.2) is 0 Å². The summed E-state index contributed by atoms with van der Waals surface area (Å²) >= 11 is 0. The van der Waals surface area contributed by atoms with Crippen LogP contribution in [-0.2, 0) is 28.5 Å². The standard InChI is InChI=1S/C14H28N2O5.C6H14O.3C2H6/c1-19-10-4-7-15-13(17)14(18)16(8-5-11-20-2)9-6-12-21-3;1-4-5-7-6(2)3;3*1-2/h4-12H2,1-3H3,(H,15,17);6H,4-5H2,1-3H3;3*1-2H3. The first kappa shape index (κ1) is 42.9. The van der Waals surface area contributed by atoms with Crippen LogP contribution < -0.4 is 5.32 Å². The molecule has 2 amide bonds. The van der Waals surface area contributed by atoms with E-state index >= 15 is 0 Å². The van der Waals surface area contributed by atoms with Crippen molar-refractivity contribution in [3.63, 3.8) is 0 Å². The molecule has 34 heavy (non-hydrogen) atoms. The van der Waals surface area contributed by atoms with Gasteiger partial charge in [-0.05, 0) is 39.5 Å². The summed E-state index contributed by atoms with van der Waals surface area (Å²) in [5.74, 6) is -1.07. The van der Waals surface area contributed by atoms with Gasteiger partial charge in [-0.1, -0.05) is 48.5 Å². The van der Waals surface area contributed by atoms with Gasteiger partial charge in [0.25, 0.3) is 0 Å². The quantitative estimate of drug-likeness (QED) is 0.255. The molecule has 0 spiro atoms. The van der Waals surface area contributed by atoms with Crippen molar-refractivity contribution in [2.45, 2.75) is 94.1 Å². The molecule has 8 heteroatoms. The molecule has 0 fully saturated rings. The first-order valence-electron chi connectivity index (χ1n) is 13.1. The molecule has 0 aliphatic rings. The number of ether oxygens (including phenoxy) is 4. The van der Waals surface area contributed by atoms with Crippen molar-refractivity contribution in [2.75, 3.05) is 67.4 Å². The number of rotatable bonds is 15. The third kappa shape index (κ3) is 38.1. The van der Waals surface area contributed by atoms with E-state index in [1.54, 1.807) is 26.2 Å². The van der Waals surface area contributed by atoms with Gasteiger partial charge in [0.1, 0.15) is 0 Å². The normalized spacial score (nSPS) is 9.09. The molecule has 0 aromatic rings. The minimum atomic E-state index is -0.569. The largest absolute Gasteiger partial charge is 0.385 e. The Balaban J connectivity index is -0.000000179. The third-order valence-corrected chi connectivity index (χ3v) is 3.50. The molecule has 8 nitrogen and oxygen atoms in total. The lowest BCUT2D eigenvalue weighted by molar-refractivity contribution is -0.146. The summed E-state index contributed by atoms with van der Waals surface area (Å²) in [6.45, 7) is 22.2. The highest BCUT2D eigenvalue weighted by Gasteiger charge is 2.20. The van der Waals surface area contributed by atoms with Gasteiger partial charge in [0, 0.05) is 67.4 Å². The number of amides is 2. The van der Waals surface area contributed by atoms with E-state index in [1.165, 1.54) is 0 Å². The molecule has 0 aliphatic heterocycles. The van der Waals surface area contributed by atoms with Crippen LogP contribution in [0.2, 0.25) is 0 Å². The number of nitrogens with one attached hydrogen (secondary N) is 1. The second-order valence-electron chi connectivity index (χ2n) is 6.51. The lowest BCUT2D eigenvalue weighted by Crippen LogP contribution is -2.44. The molecule has 0 bridgehead atoms. The second kappa shape index (κ2) is 42.0. The Morgan fingerprint density at radius 1 is 0.735 bits per heavy atom. The van der Waals surface area contributed by atoms with E-state index in [-0.39, 0.29) is 0 Å². The van der Waals surface area contributed by atoms with E-state index in [9.17, 15) is 9.59 Å². The van der Waals surface area contributed by atoms with Crippen LogP contribution in [-0.4, -0.2) is 90.2 Å². The monoisotopic (exact) mass is 496 g/mol. The van der Waals surface area contributed by atoms with Crippen LogP contribution >= 0.6 is 0 Å². The van der Waals surface area contributed by atoms with Crippen LogP contribution in [0.1, 0.15) is 88.0 Å². The summed E-state index contributed by atoms with van der Waals surface area (Å²) in [6.07, 6.45) is 3.61. The molecule has 210 valence electrons. The number of carbonyl (C=O) groups excluding carboxylic acids is 2. The van der Waals surface area contributed by atoms with Gasteiger partial charge in [-0.15, -0.1) is 0 Å². The Bertz CT molecular complexity index is 359. The summed E-state index contributed by atoms with van der Waals surface area (Å²) < 4.78 is 20.0. The Labute approximate surface area is 212 Å². The van der Waals surface area contributed by atoms with Crippen molar-refractivity contribution in [3.05, 3.63) is 0 Å². The Kier molecular flexibility index (Phi) is 53.0. The maximum absolute atomic E-state index is 12.1. The molecule has 0 aromatic carbocycles. The average molecular weight is 497 g/mol. The number of carbonyl (C=O) groups is 2. The Morgan fingerprint density at radius 2 is 1.15 bits per heavy atom. The molecule has 0 unspecified atom stereocenters. The van der Waals surface area contributed by atoms with E-state index < -0.39 is 11.8 Å². The molecule has 0 radical (unpaired) electrons. The van der Waals surface area contributed by atoms with E-state index in [1.807, 2.05) is 41.5 Å². The zero-order chi connectivity index (χ0) is 27.6. The highest BCUT2D eigenvalue weighted by Crippen LogP contribution is 1.97. The second-order valence-corrected chi connectivity index (χ2v) is 6.51. The van der Waals surface area contributed by atoms with Crippen molar-refractivity contribution in [2.24, 2.45) is 0 Å². The van der Waals surface area contributed by atoms with Gasteiger partial charge in [-0.3, -0.25) is 9.59 Å². The zero-order valence-corrected chi connectivity index (χ0v) is 24.8. The SMILES string of the molecule is CC.CC.CC.CCCOC(C)C.COCCCNC(=O)C(=O)N(CCCOC)CCCOC. The fourth-order valence-corrected chi connectivity index (χ4v) is 2.11. The Morgan fingerprint density at radius 3 is 1.47 bits per heavy atom. The Hall–Kier alpha value is -1.22. The lowest BCUT2D eigenvalue weighted by atomic mass is 10.3. The minimum Gasteiger partial charge on any atom is -0.385 e. The molecule has 0 aromatic heterocycles. The zero-order valence-electron chi connectivity index (χ0n) is 24.8. The maximum atomic E-state index is 12.1. The van der Waals surface area contributed by atoms with Gasteiger partial charge >= 0.3 is 11.8 Å². The molecule has 0 heterocycles. The molecular weight excluding hydrogens is 436 g/mol. The number of hydrogen-bond donors (Lipinski definition) is 1. The molecular formula is C26H60N2O6. The van der Waals surface area contributed by atoms with E-state index in [4.69, 9.17) is 18.9 Å². The maximum Gasteiger partial charge on any atom is 0.311 e. The van der Waals surface area contributed by atoms with Crippen LogP contribution in [0.5, 0.6) is 0 Å². The summed E-state index contributed by atoms with van der Waals surface area (Å²) in [6, 6.07) is 0. The third-order valence-electron chi connectivity index (χ3n) is 3.50. The molecule has 0 atom stereocenters. The highest BCUT2D eigenvalue weighted by atomic mass is 16.5. The predicted molar refractivity (Wildman–Crippen MR) is 144 cm³/mol. The van der Waals surface area contributed by atoms with Crippen molar-refractivity contribution in [1.82, 2.24) is 10.2 Å². The summed E-state index contributed by atoms with van der Waals surface area (Å²) in [7, 11) is 4.82. The van der Waals surface area contributed by atoms with Crippen LogP contribution in [0.3, 0.4) is 0 Å². The smallest absolute Gasteiger partial charge is 0.311 e. The molecule has 0 saturated carbocycles. The summed E-state index contributed by atoms with van der Waals surface area (Å²) in [5.41, 5.74) is 0. The van der Waals surface area contributed by atoms with Gasteiger partial charge in [0.05, 0.1) is 6.10 Å². The lowest BCUT2D eigenvalue weighted by Gasteiger charge is -2.22. The average Bonchev–Trinajstić information content (AvgIpc) is 2.88. The van der Waals surface area contributed by atoms with Gasteiger partial charge in [-0.2, -0.15) is 0 Å². The van der Waals surface area contributed by atoms with Crippen LogP contribution in [0.15, 0.2) is 0 Å². The summed E-state index contributed by atoms with van der Waals surface area (Å²) in [4.78, 5) is 25.4. The number of methoxy groups -OCH3 is 3. The summed E-state index contributed by atoms with van der Waals surface area (Å²) in [5, 5.41) is 2.61. The first-order valence-corrected chi connectivity index (χ1v) is 13.1. The predicted octanol–water partition coefficient (Wildman–Crippen LogP) is 4.94. The van der Waals surface area contributed by atoms with Crippen LogP contribution in [0.25, 0.3) is 0 Å². The van der Waals surface area contributed by atoms with E-state index in [0.717, 1.165) is 13.0 Å². The number of hydrogen-bond acceptors (Lipinski definition) is 6. The molecule has 1 N–H and O–H groups in total. The van der Waals surface area contributed by atoms with Crippen LogP contribution in [0, 0.1) is 0 Å². The minimum absolute atomic E-state index is 0.403. The van der Waals surface area contributed by atoms with Crippen molar-refractivity contribution >= 4 is 11.8 Å². The molecule has 0 rings (SSSR count). The van der Waals surface area contributed by atoms with Crippen molar-refractivity contribution in [3.8, 4) is 0 Å². The van der Waals surface area contributed by atoms with E-state index in [0.29, 0.717) is 64.8 Å². The highest BCUT2D eigenvalue weighted by molar-refractivity contribution is 6.35. The topological polar surface area (TPSA) is 86.3 Å². The van der Waals surface area contributed by atoms with Crippen LogP contribution in [0.4, 0.5) is 0 Å². The van der Waals surface area contributed by atoms with E-state index in [2.05, 4.69) is 26.1 Å². The first-order chi connectivity index (χ1) is 16.4. The van der Waals surface area contributed by atoms with Gasteiger partial charge in [0.15, 0.2) is 0 Å². The number of nitrogens with zero attached hydrogens (tertiary/aromatic N) is 1. The van der Waals surface area contributed by atoms with Crippen molar-refractivity contribution in [1.29, 1.82) is 0 Å². The fraction of sp³-hybridized carbons (Fsp3) is 0.923. The van der Waals surface area contributed by atoms with Gasteiger partial charge < -0.3 is 29.2 Å².